The van der Waals surface area contributed by atoms with Gasteiger partial charge in [-0.1, -0.05) is 0 Å². The first kappa shape index (κ1) is 19.9. The fraction of sp³-hybridized carbons (Fsp3) is 0.526. The lowest BCUT2D eigenvalue weighted by Crippen LogP contribution is -2.49. The van der Waals surface area contributed by atoms with E-state index in [2.05, 4.69) is 9.97 Å². The zero-order valence-electron chi connectivity index (χ0n) is 16.7. The van der Waals surface area contributed by atoms with E-state index in [1.165, 1.54) is 0 Å². The Morgan fingerprint density at radius 3 is 2.54 bits per heavy atom. The van der Waals surface area contributed by atoms with Crippen molar-refractivity contribution in [1.82, 2.24) is 14.9 Å². The fourth-order valence-corrected chi connectivity index (χ4v) is 3.51. The van der Waals surface area contributed by atoms with E-state index in [0.717, 1.165) is 0 Å². The lowest BCUT2D eigenvalue weighted by atomic mass is 10.1. The van der Waals surface area contributed by atoms with Gasteiger partial charge >= 0.3 is 5.97 Å². The predicted molar refractivity (Wildman–Crippen MR) is 105 cm³/mol. The number of nitrogens with one attached hydrogen (secondary N) is 1. The Labute approximate surface area is 163 Å². The summed E-state index contributed by atoms with van der Waals surface area (Å²) >= 11 is 0. The number of benzene rings is 1. The highest BCUT2D eigenvalue weighted by Gasteiger charge is 2.22. The number of H-pyrrole nitrogens is 1. The third-order valence-corrected chi connectivity index (χ3v) is 4.91. The van der Waals surface area contributed by atoms with Crippen LogP contribution in [-0.4, -0.2) is 74.4 Å². The Morgan fingerprint density at radius 1 is 1.21 bits per heavy atom. The van der Waals surface area contributed by atoms with Crippen molar-refractivity contribution >= 4 is 22.8 Å². The third kappa shape index (κ3) is 3.89. The highest BCUT2D eigenvalue weighted by molar-refractivity contribution is 5.86. The normalized spacial score (nSPS) is 14.9. The van der Waals surface area contributed by atoms with Gasteiger partial charge < -0.3 is 24.1 Å². The molecule has 9 heteroatoms. The molecule has 0 radical (unpaired) electrons. The van der Waals surface area contributed by atoms with Gasteiger partial charge in [-0.15, -0.1) is 0 Å². The van der Waals surface area contributed by atoms with Crippen molar-refractivity contribution in [2.24, 2.45) is 0 Å². The lowest BCUT2D eigenvalue weighted by molar-refractivity contribution is -0.144. The van der Waals surface area contributed by atoms with Crippen molar-refractivity contribution in [1.29, 1.82) is 0 Å². The van der Waals surface area contributed by atoms with Crippen LogP contribution >= 0.6 is 0 Å². The molecule has 1 fully saturated rings. The SMILES string of the molecule is CCOC(=O)CN1CCN(c2nc(=O)c3c(C)c(OC)c(OC)cc3[nH]2)CC1. The molecule has 0 amide bonds. The van der Waals surface area contributed by atoms with Gasteiger partial charge in [0, 0.05) is 37.8 Å². The molecule has 9 nitrogen and oxygen atoms in total. The molecule has 0 spiro atoms. The van der Waals surface area contributed by atoms with E-state index in [0.29, 0.717) is 66.7 Å². The van der Waals surface area contributed by atoms with E-state index in [1.807, 2.05) is 16.7 Å². The standard InChI is InChI=1S/C19H26N4O5/c1-5-28-15(24)11-22-6-8-23(9-7-22)19-20-13-10-14(26-3)17(27-4)12(2)16(13)18(25)21-19/h10H,5-9,11H2,1-4H3,(H,20,21,25). The quantitative estimate of drug-likeness (QED) is 0.728. The minimum absolute atomic E-state index is 0.218. The number of fused-ring (bicyclic) bond motifs is 1. The van der Waals surface area contributed by atoms with Crippen molar-refractivity contribution in [2.75, 3.05) is 58.5 Å². The molecule has 2 aromatic rings. The van der Waals surface area contributed by atoms with Gasteiger partial charge in [0.2, 0.25) is 5.95 Å². The van der Waals surface area contributed by atoms with Gasteiger partial charge in [0.25, 0.3) is 5.56 Å². The Hall–Kier alpha value is -2.81. The number of hydrogen-bond donors (Lipinski definition) is 1. The molecule has 1 saturated heterocycles. The van der Waals surface area contributed by atoms with Crippen LogP contribution in [0.15, 0.2) is 10.9 Å². The number of carbonyl (C=O) groups excluding carboxylic acids is 1. The average molecular weight is 390 g/mol. The number of ether oxygens (including phenoxy) is 3. The van der Waals surface area contributed by atoms with Crippen molar-refractivity contribution in [3.63, 3.8) is 0 Å². The van der Waals surface area contributed by atoms with Gasteiger partial charge in [-0.05, 0) is 13.8 Å². The lowest BCUT2D eigenvalue weighted by Gasteiger charge is -2.34. The van der Waals surface area contributed by atoms with Crippen LogP contribution in [0.5, 0.6) is 11.5 Å². The molecular weight excluding hydrogens is 364 g/mol. The molecular formula is C19H26N4O5. The van der Waals surface area contributed by atoms with Crippen LogP contribution in [0.3, 0.4) is 0 Å². The molecule has 1 aliphatic heterocycles. The number of nitrogens with zero attached hydrogens (tertiary/aromatic N) is 3. The second kappa shape index (κ2) is 8.47. The van der Waals surface area contributed by atoms with Crippen LogP contribution in [0.4, 0.5) is 5.95 Å². The highest BCUT2D eigenvalue weighted by atomic mass is 16.5. The van der Waals surface area contributed by atoms with E-state index in [4.69, 9.17) is 14.2 Å². The number of rotatable bonds is 6. The van der Waals surface area contributed by atoms with Gasteiger partial charge in [0.05, 0.1) is 38.3 Å². The van der Waals surface area contributed by atoms with Crippen molar-refractivity contribution in [2.45, 2.75) is 13.8 Å². The van der Waals surface area contributed by atoms with Crippen LogP contribution in [0, 0.1) is 6.92 Å². The Bertz CT molecular complexity index is 919. The number of hydrogen-bond acceptors (Lipinski definition) is 8. The Kier molecular flexibility index (Phi) is 6.03. The first-order valence-corrected chi connectivity index (χ1v) is 9.27. The summed E-state index contributed by atoms with van der Waals surface area (Å²) in [4.78, 5) is 35.9. The minimum Gasteiger partial charge on any atom is -0.493 e. The summed E-state index contributed by atoms with van der Waals surface area (Å²) in [6.07, 6.45) is 0. The topological polar surface area (TPSA) is 97.0 Å². The zero-order chi connectivity index (χ0) is 20.3. The molecule has 0 atom stereocenters. The molecule has 2 heterocycles. The molecule has 152 valence electrons. The Morgan fingerprint density at radius 2 is 1.93 bits per heavy atom. The van der Waals surface area contributed by atoms with Crippen molar-refractivity contribution in [3.8, 4) is 11.5 Å². The minimum atomic E-state index is -0.309. The zero-order valence-corrected chi connectivity index (χ0v) is 16.7. The average Bonchev–Trinajstić information content (AvgIpc) is 2.68. The van der Waals surface area contributed by atoms with E-state index < -0.39 is 0 Å². The molecule has 0 aliphatic carbocycles. The molecule has 28 heavy (non-hydrogen) atoms. The summed E-state index contributed by atoms with van der Waals surface area (Å²) in [6.45, 7) is 6.95. The van der Waals surface area contributed by atoms with Crippen LogP contribution in [0.25, 0.3) is 10.9 Å². The number of aromatic nitrogens is 2. The highest BCUT2D eigenvalue weighted by Crippen LogP contribution is 2.35. The second-order valence-electron chi connectivity index (χ2n) is 6.59. The number of piperazine rings is 1. The number of aryl methyl sites for hydroxylation is 1. The number of methoxy groups -OCH3 is 2. The molecule has 1 N–H and O–H groups in total. The van der Waals surface area contributed by atoms with E-state index in [1.54, 1.807) is 27.2 Å². The second-order valence-corrected chi connectivity index (χ2v) is 6.59. The third-order valence-electron chi connectivity index (χ3n) is 4.91. The maximum Gasteiger partial charge on any atom is 0.320 e. The van der Waals surface area contributed by atoms with Gasteiger partial charge in [0.1, 0.15) is 0 Å². The van der Waals surface area contributed by atoms with Gasteiger partial charge in [-0.2, -0.15) is 4.98 Å². The van der Waals surface area contributed by atoms with Crippen molar-refractivity contribution < 1.29 is 19.0 Å². The maximum absolute atomic E-state index is 12.7. The Balaban J connectivity index is 1.83. The number of aromatic amines is 1. The molecule has 1 aliphatic rings. The van der Waals surface area contributed by atoms with Gasteiger partial charge in [-0.25, -0.2) is 0 Å². The summed E-state index contributed by atoms with van der Waals surface area (Å²) in [5, 5.41) is 0.488. The van der Waals surface area contributed by atoms with E-state index in [-0.39, 0.29) is 18.1 Å². The summed E-state index contributed by atoms with van der Waals surface area (Å²) < 4.78 is 15.8. The van der Waals surface area contributed by atoms with Crippen LogP contribution in [-0.2, 0) is 9.53 Å². The molecule has 1 aromatic carbocycles. The van der Waals surface area contributed by atoms with Crippen LogP contribution in [0.2, 0.25) is 0 Å². The van der Waals surface area contributed by atoms with Gasteiger partial charge in [0.15, 0.2) is 11.5 Å². The van der Waals surface area contributed by atoms with Crippen molar-refractivity contribution in [3.05, 3.63) is 22.0 Å². The first-order chi connectivity index (χ1) is 13.5. The summed E-state index contributed by atoms with van der Waals surface area (Å²) in [5.74, 6) is 1.38. The molecule has 0 saturated carbocycles. The summed E-state index contributed by atoms with van der Waals surface area (Å²) in [7, 11) is 3.11. The monoisotopic (exact) mass is 390 g/mol. The van der Waals surface area contributed by atoms with E-state index >= 15 is 0 Å². The molecule has 3 rings (SSSR count). The predicted octanol–water partition coefficient (Wildman–Crippen LogP) is 0.934. The van der Waals surface area contributed by atoms with E-state index in [9.17, 15) is 9.59 Å². The number of esters is 1. The maximum atomic E-state index is 12.7. The van der Waals surface area contributed by atoms with Crippen LogP contribution in [0.1, 0.15) is 12.5 Å². The van der Waals surface area contributed by atoms with Gasteiger partial charge in [-0.3, -0.25) is 14.5 Å². The smallest absolute Gasteiger partial charge is 0.320 e. The fourth-order valence-electron chi connectivity index (χ4n) is 3.51. The number of anilines is 1. The molecule has 0 bridgehead atoms. The summed E-state index contributed by atoms with van der Waals surface area (Å²) in [6, 6.07) is 1.75. The first-order valence-electron chi connectivity index (χ1n) is 9.27. The largest absolute Gasteiger partial charge is 0.493 e. The molecule has 1 aromatic heterocycles. The number of carbonyl (C=O) groups is 1. The molecule has 0 unspecified atom stereocenters. The summed E-state index contributed by atoms with van der Waals surface area (Å²) in [5.41, 5.74) is 1.03. The van der Waals surface area contributed by atoms with Crippen LogP contribution < -0.4 is 19.9 Å².